The van der Waals surface area contributed by atoms with Crippen LogP contribution in [0.4, 0.5) is 11.8 Å². The van der Waals surface area contributed by atoms with E-state index in [1.165, 1.54) is 0 Å². The third kappa shape index (κ3) is 2.07. The van der Waals surface area contributed by atoms with Gasteiger partial charge in [-0.25, -0.2) is 9.97 Å². The summed E-state index contributed by atoms with van der Waals surface area (Å²) >= 11 is 0. The minimum atomic E-state index is 0.135. The second-order valence-corrected chi connectivity index (χ2v) is 5.65. The summed E-state index contributed by atoms with van der Waals surface area (Å²) in [6, 6.07) is 5.68. The van der Waals surface area contributed by atoms with Crippen LogP contribution < -0.4 is 11.5 Å². The van der Waals surface area contributed by atoms with E-state index in [2.05, 4.69) is 25.1 Å². The van der Waals surface area contributed by atoms with Crippen molar-refractivity contribution in [3.63, 3.8) is 0 Å². The molecule has 0 bridgehead atoms. The number of benzene rings is 1. The maximum Gasteiger partial charge on any atom is 0.292 e. The fraction of sp³-hybridized carbons (Fsp3) is 0.200. The predicted octanol–water partition coefficient (Wildman–Crippen LogP) is 2.45. The predicted molar refractivity (Wildman–Crippen MR) is 87.6 cm³/mol. The number of H-pyrrole nitrogens is 1. The minimum Gasteiger partial charge on any atom is -0.424 e. The molecule has 5 N–H and O–H groups in total. The lowest BCUT2D eigenvalue weighted by Crippen LogP contribution is -2.02. The van der Waals surface area contributed by atoms with Gasteiger partial charge < -0.3 is 15.9 Å². The third-order valence-electron chi connectivity index (χ3n) is 3.67. The lowest BCUT2D eigenvalue weighted by molar-refractivity contribution is 0.626. The second-order valence-electron chi connectivity index (χ2n) is 5.65. The fourth-order valence-electron chi connectivity index (χ4n) is 2.54. The van der Waals surface area contributed by atoms with Gasteiger partial charge >= 0.3 is 0 Å². The molecule has 0 radical (unpaired) electrons. The third-order valence-corrected chi connectivity index (χ3v) is 3.67. The molecule has 0 amide bonds. The van der Waals surface area contributed by atoms with Crippen LogP contribution in [0, 0.1) is 0 Å². The summed E-state index contributed by atoms with van der Waals surface area (Å²) in [4.78, 5) is 13.0. The largest absolute Gasteiger partial charge is 0.424 e. The second kappa shape index (κ2) is 4.67. The Bertz CT molecular complexity index is 1030. The van der Waals surface area contributed by atoms with Gasteiger partial charge in [-0.2, -0.15) is 10.1 Å². The van der Waals surface area contributed by atoms with Crippen LogP contribution in [0.3, 0.4) is 0 Å². The lowest BCUT2D eigenvalue weighted by atomic mass is 10.1. The molecule has 4 rings (SSSR count). The van der Waals surface area contributed by atoms with E-state index in [-0.39, 0.29) is 11.9 Å². The van der Waals surface area contributed by atoms with E-state index in [0.29, 0.717) is 33.8 Å². The van der Waals surface area contributed by atoms with Crippen LogP contribution in [-0.4, -0.2) is 25.1 Å². The SMILES string of the molecule is CC(C)c1nc(N)c2c(-c3ccc4oc(N)nc4c3)[nH]nc2n1. The van der Waals surface area contributed by atoms with Crippen LogP contribution in [0.5, 0.6) is 0 Å². The van der Waals surface area contributed by atoms with Gasteiger partial charge in [0.05, 0.1) is 11.1 Å². The Kier molecular flexibility index (Phi) is 2.74. The van der Waals surface area contributed by atoms with Gasteiger partial charge in [-0.1, -0.05) is 13.8 Å². The number of hydrogen-bond acceptors (Lipinski definition) is 7. The van der Waals surface area contributed by atoms with Crippen LogP contribution >= 0.6 is 0 Å². The number of nitrogens with one attached hydrogen (secondary N) is 1. The highest BCUT2D eigenvalue weighted by Gasteiger charge is 2.17. The van der Waals surface area contributed by atoms with Gasteiger partial charge in [-0.3, -0.25) is 5.10 Å². The molecule has 3 heterocycles. The van der Waals surface area contributed by atoms with Crippen molar-refractivity contribution in [2.24, 2.45) is 0 Å². The summed E-state index contributed by atoms with van der Waals surface area (Å²) < 4.78 is 5.28. The molecule has 4 aromatic rings. The topological polar surface area (TPSA) is 133 Å². The van der Waals surface area contributed by atoms with Crippen molar-refractivity contribution < 1.29 is 4.42 Å². The first-order valence-electron chi connectivity index (χ1n) is 7.21. The van der Waals surface area contributed by atoms with Gasteiger partial charge in [-0.05, 0) is 18.2 Å². The Labute approximate surface area is 130 Å². The number of hydrogen-bond donors (Lipinski definition) is 3. The van der Waals surface area contributed by atoms with Crippen molar-refractivity contribution in [1.82, 2.24) is 25.1 Å². The smallest absolute Gasteiger partial charge is 0.292 e. The molecule has 116 valence electrons. The molecule has 0 saturated carbocycles. The molecule has 1 aromatic carbocycles. The number of aromatic nitrogens is 5. The van der Waals surface area contributed by atoms with Crippen molar-refractivity contribution in [3.05, 3.63) is 24.0 Å². The Morgan fingerprint density at radius 2 is 1.96 bits per heavy atom. The summed E-state index contributed by atoms with van der Waals surface area (Å²) in [6.07, 6.45) is 0. The number of fused-ring (bicyclic) bond motifs is 2. The molecule has 3 aromatic heterocycles. The van der Waals surface area contributed by atoms with E-state index in [0.717, 1.165) is 11.3 Å². The van der Waals surface area contributed by atoms with Crippen molar-refractivity contribution in [1.29, 1.82) is 0 Å². The molecule has 0 atom stereocenters. The molecule has 8 nitrogen and oxygen atoms in total. The zero-order valence-electron chi connectivity index (χ0n) is 12.7. The number of oxazole rings is 1. The highest BCUT2D eigenvalue weighted by Crippen LogP contribution is 2.31. The summed E-state index contributed by atoms with van der Waals surface area (Å²) in [5.41, 5.74) is 15.2. The van der Waals surface area contributed by atoms with Crippen molar-refractivity contribution in [3.8, 4) is 11.3 Å². The normalized spacial score (nSPS) is 11.8. The number of aromatic amines is 1. The molecular formula is C15H15N7O. The van der Waals surface area contributed by atoms with E-state index in [1.54, 1.807) is 6.07 Å². The average Bonchev–Trinajstić information content (AvgIpc) is 3.08. The monoisotopic (exact) mass is 309 g/mol. The first kappa shape index (κ1) is 13.5. The van der Waals surface area contributed by atoms with Crippen LogP contribution in [0.1, 0.15) is 25.6 Å². The Morgan fingerprint density at radius 1 is 1.13 bits per heavy atom. The number of nitrogens with zero attached hydrogens (tertiary/aromatic N) is 4. The van der Waals surface area contributed by atoms with Crippen molar-refractivity contribution in [2.75, 3.05) is 11.5 Å². The highest BCUT2D eigenvalue weighted by molar-refractivity contribution is 5.99. The van der Waals surface area contributed by atoms with Crippen LogP contribution in [0.15, 0.2) is 22.6 Å². The molecule has 23 heavy (non-hydrogen) atoms. The Morgan fingerprint density at radius 3 is 2.74 bits per heavy atom. The summed E-state index contributed by atoms with van der Waals surface area (Å²) in [5, 5.41) is 7.95. The average molecular weight is 309 g/mol. The summed E-state index contributed by atoms with van der Waals surface area (Å²) in [7, 11) is 0. The van der Waals surface area contributed by atoms with E-state index >= 15 is 0 Å². The molecule has 0 aliphatic rings. The van der Waals surface area contributed by atoms with E-state index < -0.39 is 0 Å². The van der Waals surface area contributed by atoms with E-state index in [4.69, 9.17) is 15.9 Å². The Hall–Kier alpha value is -3.16. The lowest BCUT2D eigenvalue weighted by Gasteiger charge is -2.05. The van der Waals surface area contributed by atoms with Crippen molar-refractivity contribution >= 4 is 34.0 Å². The summed E-state index contributed by atoms with van der Waals surface area (Å²) in [6.45, 7) is 4.02. The van der Waals surface area contributed by atoms with Gasteiger partial charge in [-0.15, -0.1) is 0 Å². The highest BCUT2D eigenvalue weighted by atomic mass is 16.4. The number of nitrogen functional groups attached to an aromatic ring is 2. The zero-order valence-corrected chi connectivity index (χ0v) is 12.7. The number of anilines is 2. The molecule has 8 heteroatoms. The van der Waals surface area contributed by atoms with Crippen LogP contribution in [0.2, 0.25) is 0 Å². The van der Waals surface area contributed by atoms with E-state index in [9.17, 15) is 0 Å². The van der Waals surface area contributed by atoms with Gasteiger partial charge in [0.2, 0.25) is 0 Å². The molecule has 0 aliphatic carbocycles. The maximum atomic E-state index is 6.13. The van der Waals surface area contributed by atoms with Crippen molar-refractivity contribution in [2.45, 2.75) is 19.8 Å². The molecule has 0 saturated heterocycles. The van der Waals surface area contributed by atoms with Gasteiger partial charge in [0.25, 0.3) is 6.01 Å². The van der Waals surface area contributed by atoms with Crippen LogP contribution in [-0.2, 0) is 0 Å². The van der Waals surface area contributed by atoms with Gasteiger partial charge in [0, 0.05) is 11.5 Å². The molecule has 0 aliphatic heterocycles. The maximum absolute atomic E-state index is 6.13. The summed E-state index contributed by atoms with van der Waals surface area (Å²) in [5.74, 6) is 1.26. The number of nitrogens with two attached hydrogens (primary N) is 2. The molecule has 0 unspecified atom stereocenters. The van der Waals surface area contributed by atoms with Gasteiger partial charge in [0.1, 0.15) is 17.2 Å². The molecular weight excluding hydrogens is 294 g/mol. The minimum absolute atomic E-state index is 0.135. The first-order chi connectivity index (χ1) is 11.0. The zero-order chi connectivity index (χ0) is 16.1. The quantitative estimate of drug-likeness (QED) is 0.518. The van der Waals surface area contributed by atoms with Gasteiger partial charge in [0.15, 0.2) is 11.2 Å². The fourth-order valence-corrected chi connectivity index (χ4v) is 2.54. The number of rotatable bonds is 2. The van der Waals surface area contributed by atoms with E-state index in [1.807, 2.05) is 26.0 Å². The first-order valence-corrected chi connectivity index (χ1v) is 7.21. The molecule has 0 fully saturated rings. The Balaban J connectivity index is 1.93. The standard InChI is InChI=1S/C15H15N7O/c1-6(2)13-19-12(16)10-11(21-22-14(10)20-13)7-3-4-9-8(5-7)18-15(17)23-9/h3-6H,1-2H3,(H2,17,18)(H3,16,19,20,21,22). The molecule has 0 spiro atoms. The van der Waals surface area contributed by atoms with Crippen LogP contribution in [0.25, 0.3) is 33.4 Å².